The fraction of sp³-hybridized carbons (Fsp3) is 0.286. The van der Waals surface area contributed by atoms with Crippen molar-refractivity contribution in [2.24, 2.45) is 0 Å². The van der Waals surface area contributed by atoms with Crippen LogP contribution in [0.2, 0.25) is 0 Å². The number of carbonyl (C=O) groups is 1. The lowest BCUT2D eigenvalue weighted by molar-refractivity contribution is -0.164. The van der Waals surface area contributed by atoms with E-state index in [9.17, 15) is 18.0 Å². The summed E-state index contributed by atoms with van der Waals surface area (Å²) in [6.07, 6.45) is -2.69. The number of nitrogens with one attached hydrogen (secondary N) is 1. The number of halogens is 3. The molecule has 2 aromatic rings. The third kappa shape index (κ3) is 3.44. The highest BCUT2D eigenvalue weighted by Gasteiger charge is 2.42. The quantitative estimate of drug-likeness (QED) is 0.809. The van der Waals surface area contributed by atoms with Crippen LogP contribution in [0.1, 0.15) is 23.5 Å². The standard InChI is InChI=1S/C21H19F3N2O/c22-21(23,24)20(27)17(14-6-2-1-3-7-14)12-26-11-10-16-15-8-4-5-9-18(15)25-19(16)13-26/h1-9,12,16,19,25H,10-11,13H2/b17-12+. The fourth-order valence-corrected chi connectivity index (χ4v) is 3.98. The predicted octanol–water partition coefficient (Wildman–Crippen LogP) is 4.44. The molecule has 2 aliphatic heterocycles. The molecule has 27 heavy (non-hydrogen) atoms. The number of hydrogen-bond acceptors (Lipinski definition) is 3. The maximum Gasteiger partial charge on any atom is 0.454 e. The molecular weight excluding hydrogens is 353 g/mol. The van der Waals surface area contributed by atoms with Crippen LogP contribution in [0.15, 0.2) is 60.8 Å². The molecule has 0 spiro atoms. The van der Waals surface area contributed by atoms with Gasteiger partial charge in [0, 0.05) is 30.9 Å². The maximum atomic E-state index is 13.1. The molecule has 0 aromatic heterocycles. The summed E-state index contributed by atoms with van der Waals surface area (Å²) in [5.74, 6) is -1.46. The van der Waals surface area contributed by atoms with E-state index in [1.54, 1.807) is 18.2 Å². The number of benzene rings is 2. The molecule has 0 radical (unpaired) electrons. The normalized spacial score (nSPS) is 22.0. The minimum atomic E-state index is -4.90. The first kappa shape index (κ1) is 17.6. The van der Waals surface area contributed by atoms with Crippen LogP contribution >= 0.6 is 0 Å². The van der Waals surface area contributed by atoms with Gasteiger partial charge in [-0.1, -0.05) is 48.5 Å². The number of alkyl halides is 3. The fourth-order valence-electron chi connectivity index (χ4n) is 3.98. The molecule has 140 valence electrons. The molecule has 2 atom stereocenters. The van der Waals surface area contributed by atoms with Crippen LogP contribution in [0, 0.1) is 0 Å². The monoisotopic (exact) mass is 372 g/mol. The van der Waals surface area contributed by atoms with E-state index in [-0.39, 0.29) is 17.2 Å². The van der Waals surface area contributed by atoms with E-state index < -0.39 is 12.0 Å². The van der Waals surface area contributed by atoms with E-state index in [0.717, 1.165) is 12.1 Å². The molecule has 0 aliphatic carbocycles. The number of piperidine rings is 1. The Morgan fingerprint density at radius 1 is 1.07 bits per heavy atom. The van der Waals surface area contributed by atoms with E-state index in [1.807, 2.05) is 23.1 Å². The number of allylic oxidation sites excluding steroid dienone is 1. The highest BCUT2D eigenvalue weighted by Crippen LogP contribution is 2.41. The maximum absolute atomic E-state index is 13.1. The lowest BCUT2D eigenvalue weighted by atomic mass is 9.88. The van der Waals surface area contributed by atoms with Gasteiger partial charge in [-0.05, 0) is 23.6 Å². The largest absolute Gasteiger partial charge is 0.454 e. The Morgan fingerprint density at radius 3 is 2.52 bits per heavy atom. The minimum absolute atomic E-state index is 0.130. The average Bonchev–Trinajstić information content (AvgIpc) is 3.03. The molecule has 4 rings (SSSR count). The van der Waals surface area contributed by atoms with Gasteiger partial charge in [0.1, 0.15) is 0 Å². The van der Waals surface area contributed by atoms with E-state index in [2.05, 4.69) is 11.4 Å². The Kier molecular flexibility index (Phi) is 4.42. The number of Topliss-reactive ketones (excluding diaryl/α,β-unsaturated/α-hetero) is 1. The van der Waals surface area contributed by atoms with Gasteiger partial charge in [0.25, 0.3) is 5.78 Å². The molecule has 2 heterocycles. The predicted molar refractivity (Wildman–Crippen MR) is 98.3 cm³/mol. The molecule has 2 aromatic carbocycles. The Hall–Kier alpha value is -2.76. The second-order valence-corrected chi connectivity index (χ2v) is 6.96. The summed E-state index contributed by atoms with van der Waals surface area (Å²) in [5.41, 5.74) is 2.33. The lowest BCUT2D eigenvalue weighted by Crippen LogP contribution is -2.41. The van der Waals surface area contributed by atoms with Crippen molar-refractivity contribution < 1.29 is 18.0 Å². The molecule has 3 nitrogen and oxygen atoms in total. The number of likely N-dealkylation sites (tertiary alicyclic amines) is 1. The summed E-state index contributed by atoms with van der Waals surface area (Å²) in [6, 6.07) is 16.3. The van der Waals surface area contributed by atoms with E-state index in [0.29, 0.717) is 19.0 Å². The highest BCUT2D eigenvalue weighted by atomic mass is 19.4. The van der Waals surface area contributed by atoms with Crippen LogP contribution < -0.4 is 5.32 Å². The number of para-hydroxylation sites is 1. The van der Waals surface area contributed by atoms with Crippen LogP contribution in [-0.4, -0.2) is 36.0 Å². The van der Waals surface area contributed by atoms with Gasteiger partial charge in [-0.3, -0.25) is 4.79 Å². The van der Waals surface area contributed by atoms with Crippen molar-refractivity contribution in [2.45, 2.75) is 24.6 Å². The number of ketones is 1. The van der Waals surface area contributed by atoms with Crippen molar-refractivity contribution in [3.05, 3.63) is 71.9 Å². The van der Waals surface area contributed by atoms with E-state index in [4.69, 9.17) is 0 Å². The van der Waals surface area contributed by atoms with Crippen molar-refractivity contribution in [1.82, 2.24) is 4.90 Å². The Balaban J connectivity index is 1.60. The highest BCUT2D eigenvalue weighted by molar-refractivity contribution is 6.23. The second kappa shape index (κ2) is 6.76. The van der Waals surface area contributed by atoms with Crippen molar-refractivity contribution in [1.29, 1.82) is 0 Å². The molecule has 0 amide bonds. The molecule has 6 heteroatoms. The first-order chi connectivity index (χ1) is 12.9. The summed E-state index contributed by atoms with van der Waals surface area (Å²) in [4.78, 5) is 13.8. The molecule has 1 saturated heterocycles. The zero-order valence-electron chi connectivity index (χ0n) is 14.5. The summed E-state index contributed by atoms with van der Waals surface area (Å²) in [5, 5.41) is 3.46. The van der Waals surface area contributed by atoms with E-state index >= 15 is 0 Å². The minimum Gasteiger partial charge on any atom is -0.380 e. The molecule has 1 N–H and O–H groups in total. The molecule has 1 fully saturated rings. The molecule has 0 bridgehead atoms. The number of rotatable bonds is 3. The van der Waals surface area contributed by atoms with Crippen LogP contribution in [0.4, 0.5) is 18.9 Å². The zero-order chi connectivity index (χ0) is 19.0. The van der Waals surface area contributed by atoms with Gasteiger partial charge in [-0.15, -0.1) is 0 Å². The number of hydrogen-bond donors (Lipinski definition) is 1. The summed E-state index contributed by atoms with van der Waals surface area (Å²) >= 11 is 0. The van der Waals surface area contributed by atoms with E-state index in [1.165, 1.54) is 23.9 Å². The first-order valence-electron chi connectivity index (χ1n) is 8.92. The molecular formula is C21H19F3N2O. The van der Waals surface area contributed by atoms with Crippen molar-refractivity contribution in [3.63, 3.8) is 0 Å². The van der Waals surface area contributed by atoms with Crippen molar-refractivity contribution >= 4 is 17.0 Å². The van der Waals surface area contributed by atoms with Crippen molar-refractivity contribution in [2.75, 3.05) is 18.4 Å². The molecule has 0 saturated carbocycles. The lowest BCUT2D eigenvalue weighted by Gasteiger charge is -2.35. The average molecular weight is 372 g/mol. The zero-order valence-corrected chi connectivity index (χ0v) is 14.5. The Bertz CT molecular complexity index is 876. The van der Waals surface area contributed by atoms with Gasteiger partial charge in [0.15, 0.2) is 0 Å². The molecule has 2 unspecified atom stereocenters. The van der Waals surface area contributed by atoms with Gasteiger partial charge in [0.2, 0.25) is 0 Å². The van der Waals surface area contributed by atoms with Gasteiger partial charge in [0.05, 0.1) is 11.6 Å². The third-order valence-electron chi connectivity index (χ3n) is 5.24. The Morgan fingerprint density at radius 2 is 1.78 bits per heavy atom. The smallest absolute Gasteiger partial charge is 0.380 e. The van der Waals surface area contributed by atoms with Crippen LogP contribution in [-0.2, 0) is 4.79 Å². The number of nitrogens with zero attached hydrogens (tertiary/aromatic N) is 1. The van der Waals surface area contributed by atoms with Gasteiger partial charge in [-0.2, -0.15) is 13.2 Å². The van der Waals surface area contributed by atoms with Gasteiger partial charge >= 0.3 is 6.18 Å². The summed E-state index contributed by atoms with van der Waals surface area (Å²) in [7, 11) is 0. The summed E-state index contributed by atoms with van der Waals surface area (Å²) in [6.45, 7) is 1.17. The van der Waals surface area contributed by atoms with Crippen LogP contribution in [0.5, 0.6) is 0 Å². The number of fused-ring (bicyclic) bond motifs is 3. The Labute approximate surface area is 155 Å². The van der Waals surface area contributed by atoms with Crippen molar-refractivity contribution in [3.8, 4) is 0 Å². The summed E-state index contributed by atoms with van der Waals surface area (Å²) < 4.78 is 39.3. The topological polar surface area (TPSA) is 32.3 Å². The SMILES string of the molecule is O=C(/C(=C/N1CCC2c3ccccc3NC2C1)c1ccccc1)C(F)(F)F. The number of carbonyl (C=O) groups excluding carboxylic acids is 1. The van der Waals surface area contributed by atoms with Gasteiger partial charge < -0.3 is 10.2 Å². The van der Waals surface area contributed by atoms with Crippen LogP contribution in [0.3, 0.4) is 0 Å². The molecule has 2 aliphatic rings. The first-order valence-corrected chi connectivity index (χ1v) is 8.92. The second-order valence-electron chi connectivity index (χ2n) is 6.96. The van der Waals surface area contributed by atoms with Crippen LogP contribution in [0.25, 0.3) is 5.57 Å². The number of anilines is 1. The third-order valence-corrected chi connectivity index (χ3v) is 5.24. The van der Waals surface area contributed by atoms with Gasteiger partial charge in [-0.25, -0.2) is 0 Å².